The summed E-state index contributed by atoms with van der Waals surface area (Å²) in [5.41, 5.74) is 16.7. The summed E-state index contributed by atoms with van der Waals surface area (Å²) in [5.74, 6) is 0.815. The Morgan fingerprint density at radius 3 is 2.49 bits per heavy atom. The van der Waals surface area contributed by atoms with Gasteiger partial charge in [-0.2, -0.15) is 18.5 Å². The van der Waals surface area contributed by atoms with Gasteiger partial charge in [-0.05, 0) is 40.5 Å². The molecule has 1 aliphatic heterocycles. The van der Waals surface area contributed by atoms with Crippen LogP contribution in [0.1, 0.15) is 45.0 Å². The molecule has 3 aromatic carbocycles. The van der Waals surface area contributed by atoms with Crippen molar-refractivity contribution in [1.82, 2.24) is 15.0 Å². The molecule has 5 rings (SSSR count). The number of amides is 1. The van der Waals surface area contributed by atoms with Gasteiger partial charge in [-0.1, -0.05) is 48.5 Å². The van der Waals surface area contributed by atoms with Gasteiger partial charge in [0.05, 0.1) is 27.0 Å². The summed E-state index contributed by atoms with van der Waals surface area (Å²) in [6.45, 7) is -0.341. The van der Waals surface area contributed by atoms with Crippen LogP contribution in [0.15, 0.2) is 78.0 Å². The summed E-state index contributed by atoms with van der Waals surface area (Å²) in [7, 11) is -1.56. The van der Waals surface area contributed by atoms with E-state index in [1.165, 1.54) is 25.3 Å². The van der Waals surface area contributed by atoms with Crippen LogP contribution in [-0.4, -0.2) is 54.3 Å². The number of ether oxygens (including phenoxy) is 2. The molecule has 1 aliphatic rings. The van der Waals surface area contributed by atoms with Crippen LogP contribution in [0.2, 0.25) is 0 Å². The molecule has 0 aliphatic carbocycles. The van der Waals surface area contributed by atoms with Gasteiger partial charge in [0.25, 0.3) is 5.91 Å². The summed E-state index contributed by atoms with van der Waals surface area (Å²) in [4.78, 5) is 21.8. The van der Waals surface area contributed by atoms with Gasteiger partial charge < -0.3 is 20.9 Å². The van der Waals surface area contributed by atoms with E-state index >= 15 is 0 Å². The number of anilines is 2. The van der Waals surface area contributed by atoms with Gasteiger partial charge in [0, 0.05) is 35.4 Å². The van der Waals surface area contributed by atoms with Crippen molar-refractivity contribution in [2.75, 3.05) is 25.7 Å². The number of aromatic nitrogens is 2. The van der Waals surface area contributed by atoms with Gasteiger partial charge in [-0.3, -0.25) is 9.35 Å². The Labute approximate surface area is 259 Å². The number of methoxy groups -OCH3 is 2. The zero-order chi connectivity index (χ0) is 32.1. The van der Waals surface area contributed by atoms with E-state index < -0.39 is 22.3 Å². The summed E-state index contributed by atoms with van der Waals surface area (Å²) in [6.07, 6.45) is 6.58. The maximum Gasteiger partial charge on any atom is 0.397 e. The molecule has 0 fully saturated rings. The van der Waals surface area contributed by atoms with Crippen LogP contribution in [0.3, 0.4) is 0 Å². The number of hydrogen-bond donors (Lipinski definition) is 3. The molecule has 1 atom stereocenters. The molecule has 0 radical (unpaired) electrons. The van der Waals surface area contributed by atoms with Crippen molar-refractivity contribution in [3.63, 3.8) is 0 Å². The lowest BCUT2D eigenvalue weighted by atomic mass is 9.92. The average molecular weight is 631 g/mol. The number of carbonyl (C=O) groups excluding carboxylic acids is 1. The second-order valence-corrected chi connectivity index (χ2v) is 11.1. The van der Waals surface area contributed by atoms with Crippen LogP contribution in [0.25, 0.3) is 6.08 Å². The SMILES string of the molecule is COc1cc(Cc2cnc(N)nc2N)cc(C=CC(=O)N2N=Cc3ccccc3C2c2ccc(COS(=O)(=O)O)cc2)c1OC. The number of nitrogen functional groups attached to an aromatic ring is 2. The Morgan fingerprint density at radius 2 is 1.80 bits per heavy atom. The smallest absolute Gasteiger partial charge is 0.397 e. The number of rotatable bonds is 10. The molecule has 13 nitrogen and oxygen atoms in total. The Bertz CT molecular complexity index is 1900. The minimum absolute atomic E-state index is 0.0779. The highest BCUT2D eigenvalue weighted by atomic mass is 32.3. The van der Waals surface area contributed by atoms with Gasteiger partial charge in [-0.25, -0.2) is 14.2 Å². The van der Waals surface area contributed by atoms with E-state index in [2.05, 4.69) is 19.3 Å². The van der Waals surface area contributed by atoms with Crippen molar-refractivity contribution in [1.29, 1.82) is 0 Å². The van der Waals surface area contributed by atoms with Crippen LogP contribution < -0.4 is 20.9 Å². The second kappa shape index (κ2) is 13.1. The van der Waals surface area contributed by atoms with E-state index in [9.17, 15) is 13.2 Å². The second-order valence-electron chi connectivity index (χ2n) is 9.96. The quantitative estimate of drug-likeness (QED) is 0.171. The first kappa shape index (κ1) is 31.1. The predicted octanol–water partition coefficient (Wildman–Crippen LogP) is 3.55. The number of nitrogens with zero attached hydrogens (tertiary/aromatic N) is 4. The number of hydrogen-bond acceptors (Lipinski definition) is 11. The fraction of sp³-hybridized carbons (Fsp3) is 0.161. The third-order valence-electron chi connectivity index (χ3n) is 7.04. The molecular formula is C31H30N6O7S. The summed E-state index contributed by atoms with van der Waals surface area (Å²) in [5, 5.41) is 5.84. The van der Waals surface area contributed by atoms with Crippen molar-refractivity contribution >= 4 is 40.4 Å². The van der Waals surface area contributed by atoms with E-state index in [4.69, 9.17) is 25.5 Å². The fourth-order valence-corrected chi connectivity index (χ4v) is 5.24. The predicted molar refractivity (Wildman–Crippen MR) is 168 cm³/mol. The van der Waals surface area contributed by atoms with Crippen LogP contribution in [-0.2, 0) is 32.4 Å². The zero-order valence-electron chi connectivity index (χ0n) is 24.3. The maximum absolute atomic E-state index is 13.7. The molecule has 0 saturated carbocycles. The number of carbonyl (C=O) groups is 1. The van der Waals surface area contributed by atoms with E-state index in [0.717, 1.165) is 22.3 Å². The zero-order valence-corrected chi connectivity index (χ0v) is 25.1. The van der Waals surface area contributed by atoms with Gasteiger partial charge >= 0.3 is 10.4 Å². The van der Waals surface area contributed by atoms with E-state index in [1.807, 2.05) is 30.3 Å². The first-order valence-electron chi connectivity index (χ1n) is 13.5. The number of nitrogens with two attached hydrogens (primary N) is 2. The monoisotopic (exact) mass is 630 g/mol. The largest absolute Gasteiger partial charge is 0.493 e. The molecule has 2 heterocycles. The molecule has 1 aromatic heterocycles. The van der Waals surface area contributed by atoms with Gasteiger partial charge in [0.15, 0.2) is 11.5 Å². The minimum atomic E-state index is -4.59. The van der Waals surface area contributed by atoms with Gasteiger partial charge in [-0.15, -0.1) is 0 Å². The van der Waals surface area contributed by atoms with Crippen LogP contribution in [0.4, 0.5) is 11.8 Å². The normalized spacial score (nSPS) is 14.4. The number of benzene rings is 3. The van der Waals surface area contributed by atoms with E-state index in [0.29, 0.717) is 34.6 Å². The molecule has 1 unspecified atom stereocenters. The lowest BCUT2D eigenvalue weighted by molar-refractivity contribution is -0.127. The van der Waals surface area contributed by atoms with Crippen LogP contribution in [0.5, 0.6) is 11.5 Å². The van der Waals surface area contributed by atoms with Crippen molar-refractivity contribution in [2.24, 2.45) is 5.10 Å². The van der Waals surface area contributed by atoms with Gasteiger partial charge in [0.1, 0.15) is 11.9 Å². The minimum Gasteiger partial charge on any atom is -0.493 e. The maximum atomic E-state index is 13.7. The van der Waals surface area contributed by atoms with Gasteiger partial charge in [0.2, 0.25) is 5.95 Å². The van der Waals surface area contributed by atoms with Crippen molar-refractivity contribution in [3.8, 4) is 11.5 Å². The third kappa shape index (κ3) is 7.26. The van der Waals surface area contributed by atoms with Crippen LogP contribution in [0, 0.1) is 0 Å². The summed E-state index contributed by atoms with van der Waals surface area (Å²) >= 11 is 0. The average Bonchev–Trinajstić information content (AvgIpc) is 3.03. The lowest BCUT2D eigenvalue weighted by Crippen LogP contribution is -2.33. The van der Waals surface area contributed by atoms with E-state index in [-0.39, 0.29) is 18.4 Å². The highest BCUT2D eigenvalue weighted by Gasteiger charge is 2.30. The Morgan fingerprint density at radius 1 is 1.04 bits per heavy atom. The third-order valence-corrected chi connectivity index (χ3v) is 7.45. The van der Waals surface area contributed by atoms with E-state index in [1.54, 1.807) is 48.8 Å². The topological polar surface area (TPSA) is 193 Å². The first-order chi connectivity index (χ1) is 21.6. The Hall–Kier alpha value is -5.31. The number of hydrazone groups is 1. The molecule has 14 heteroatoms. The lowest BCUT2D eigenvalue weighted by Gasteiger charge is -2.31. The van der Waals surface area contributed by atoms with Crippen LogP contribution >= 0.6 is 0 Å². The summed E-state index contributed by atoms with van der Waals surface area (Å²) < 4.78 is 46.5. The van der Waals surface area contributed by atoms with Crippen molar-refractivity contribution in [2.45, 2.75) is 19.1 Å². The molecule has 45 heavy (non-hydrogen) atoms. The highest BCUT2D eigenvalue weighted by Crippen LogP contribution is 2.36. The van der Waals surface area contributed by atoms with Crippen molar-refractivity contribution < 1.29 is 31.4 Å². The first-order valence-corrected chi connectivity index (χ1v) is 14.9. The molecule has 4 aromatic rings. The molecule has 1 amide bonds. The summed E-state index contributed by atoms with van der Waals surface area (Å²) in [6, 6.07) is 17.4. The molecule has 0 spiro atoms. The molecule has 232 valence electrons. The molecule has 5 N–H and O–H groups in total. The molecule has 0 saturated heterocycles. The fourth-order valence-electron chi connectivity index (χ4n) is 4.95. The Balaban J connectivity index is 1.46. The highest BCUT2D eigenvalue weighted by molar-refractivity contribution is 7.80. The van der Waals surface area contributed by atoms with Crippen molar-refractivity contribution in [3.05, 3.63) is 112 Å². The number of fused-ring (bicyclic) bond motifs is 1. The standard InChI is InChI=1S/C31H30N6O7S/c1-42-26-15-20(14-24-16-34-31(33)36-30(24)32)13-22(29(26)43-2)11-12-27(38)37-28(25-6-4-3-5-23(25)17-35-37)21-9-7-19(8-10-21)18-44-45(39,40)41/h3-13,15-17,28H,14,18H2,1-2H3,(H,39,40,41)(H4,32,33,34,36). The molecular weight excluding hydrogens is 600 g/mol. The molecule has 0 bridgehead atoms. The Kier molecular flexibility index (Phi) is 9.08.